The second-order valence-electron chi connectivity index (χ2n) is 5.81. The predicted octanol–water partition coefficient (Wildman–Crippen LogP) is 3.24. The van der Waals surface area contributed by atoms with Crippen molar-refractivity contribution in [3.8, 4) is 0 Å². The van der Waals surface area contributed by atoms with Crippen LogP contribution in [0.5, 0.6) is 0 Å². The van der Waals surface area contributed by atoms with Crippen molar-refractivity contribution in [1.82, 2.24) is 0 Å². The van der Waals surface area contributed by atoms with E-state index in [4.69, 9.17) is 0 Å². The molecule has 0 nitrogen and oxygen atoms in total. The maximum Gasteiger partial charge on any atom is 0.105 e. The van der Waals surface area contributed by atoms with E-state index < -0.39 is 16.1 Å². The summed E-state index contributed by atoms with van der Waals surface area (Å²) in [5.74, 6) is 0. The molecule has 1 heterocycles. The van der Waals surface area contributed by atoms with E-state index in [9.17, 15) is 0 Å². The molecular formula is C18H20Si2. The Kier molecular flexibility index (Phi) is 3.36. The molecular weight excluding hydrogens is 272 g/mol. The molecule has 1 fully saturated rings. The van der Waals surface area contributed by atoms with Crippen LogP contribution in [0.25, 0.3) is 0 Å². The fraction of sp³-hybridized carbons (Fsp3) is 0.111. The predicted molar refractivity (Wildman–Crippen MR) is 93.7 cm³/mol. The first kappa shape index (κ1) is 13.3. The zero-order valence-corrected chi connectivity index (χ0v) is 13.8. The maximum atomic E-state index is 4.17. The Morgan fingerprint density at radius 3 is 1.30 bits per heavy atom. The topological polar surface area (TPSA) is 0 Å². The molecule has 3 rings (SSSR count). The van der Waals surface area contributed by atoms with Crippen LogP contribution in [0.15, 0.2) is 85.2 Å². The van der Waals surface area contributed by atoms with Crippen molar-refractivity contribution in [2.24, 2.45) is 0 Å². The number of hydrogen-bond donors (Lipinski definition) is 0. The Labute approximate surface area is 123 Å². The molecule has 20 heavy (non-hydrogen) atoms. The summed E-state index contributed by atoms with van der Waals surface area (Å²) in [5, 5.41) is 3.08. The Morgan fingerprint density at radius 1 is 0.650 bits per heavy atom. The standard InChI is InChI=1S/C18H20Si2/c1-3-19(17-11-7-5-8-12-17)15-20(4-2,16-19)18-13-9-6-10-14-18/h3-14H,1-2,15-16H2. The van der Waals surface area contributed by atoms with Gasteiger partial charge in [0.05, 0.1) is 0 Å². The minimum absolute atomic E-state index is 1.33. The van der Waals surface area contributed by atoms with Crippen LogP contribution in [0.4, 0.5) is 0 Å². The van der Waals surface area contributed by atoms with Crippen molar-refractivity contribution in [2.45, 2.75) is 11.3 Å². The summed E-state index contributed by atoms with van der Waals surface area (Å²) in [6, 6.07) is 22.0. The van der Waals surface area contributed by atoms with Gasteiger partial charge in [-0.05, 0) is 11.3 Å². The smallest absolute Gasteiger partial charge is 0.105 e. The van der Waals surface area contributed by atoms with Crippen molar-refractivity contribution in [3.05, 3.63) is 85.2 Å². The van der Waals surface area contributed by atoms with Crippen LogP contribution in [0, 0.1) is 0 Å². The van der Waals surface area contributed by atoms with Gasteiger partial charge in [-0.15, -0.1) is 13.2 Å². The highest BCUT2D eigenvalue weighted by molar-refractivity contribution is 7.26. The van der Waals surface area contributed by atoms with Gasteiger partial charge in [-0.3, -0.25) is 0 Å². The van der Waals surface area contributed by atoms with Crippen molar-refractivity contribution < 1.29 is 0 Å². The molecule has 0 spiro atoms. The van der Waals surface area contributed by atoms with Crippen molar-refractivity contribution in [3.63, 3.8) is 0 Å². The van der Waals surface area contributed by atoms with E-state index in [-0.39, 0.29) is 0 Å². The van der Waals surface area contributed by atoms with Crippen LogP contribution in [0.2, 0.25) is 11.3 Å². The molecule has 0 atom stereocenters. The Morgan fingerprint density at radius 2 is 1.00 bits per heavy atom. The summed E-state index contributed by atoms with van der Waals surface area (Å²) in [6.45, 7) is 8.35. The largest absolute Gasteiger partial charge is 0.107 e. The van der Waals surface area contributed by atoms with E-state index in [0.29, 0.717) is 0 Å². The summed E-state index contributed by atoms with van der Waals surface area (Å²) in [4.78, 5) is 0. The highest BCUT2D eigenvalue weighted by Crippen LogP contribution is 2.41. The fourth-order valence-electron chi connectivity index (χ4n) is 3.55. The van der Waals surface area contributed by atoms with E-state index >= 15 is 0 Å². The number of benzene rings is 2. The van der Waals surface area contributed by atoms with Gasteiger partial charge in [-0.2, -0.15) is 0 Å². The number of hydrogen-bond acceptors (Lipinski definition) is 0. The second kappa shape index (κ2) is 5.04. The van der Waals surface area contributed by atoms with E-state index in [2.05, 4.69) is 85.2 Å². The third kappa shape index (κ3) is 1.96. The van der Waals surface area contributed by atoms with Crippen molar-refractivity contribution in [2.75, 3.05) is 0 Å². The molecule has 0 saturated carbocycles. The summed E-state index contributed by atoms with van der Waals surface area (Å²) in [5.41, 5.74) is 7.25. The monoisotopic (exact) mass is 292 g/mol. The molecule has 0 bridgehead atoms. The zero-order valence-electron chi connectivity index (χ0n) is 11.8. The van der Waals surface area contributed by atoms with Gasteiger partial charge in [-0.1, -0.05) is 82.4 Å². The SMILES string of the molecule is C=C[Si]1(c2ccccc2)C[Si](C=C)(c2ccccc2)C1. The molecule has 0 amide bonds. The van der Waals surface area contributed by atoms with Gasteiger partial charge >= 0.3 is 0 Å². The van der Waals surface area contributed by atoms with Gasteiger partial charge in [0.1, 0.15) is 16.1 Å². The Balaban J connectivity index is 1.95. The van der Waals surface area contributed by atoms with Gasteiger partial charge in [-0.25, -0.2) is 0 Å². The molecule has 0 aromatic heterocycles. The quantitative estimate of drug-likeness (QED) is 0.759. The molecule has 1 aliphatic heterocycles. The lowest BCUT2D eigenvalue weighted by Gasteiger charge is -2.51. The molecule has 1 aliphatic rings. The van der Waals surface area contributed by atoms with Crippen LogP contribution in [0.3, 0.4) is 0 Å². The van der Waals surface area contributed by atoms with Crippen LogP contribution in [-0.2, 0) is 0 Å². The first-order valence-corrected chi connectivity index (χ1v) is 12.1. The van der Waals surface area contributed by atoms with E-state index in [1.165, 1.54) is 21.7 Å². The average Bonchev–Trinajstić information content (AvgIpc) is 2.50. The lowest BCUT2D eigenvalue weighted by Crippen LogP contribution is -2.72. The lowest BCUT2D eigenvalue weighted by molar-refractivity contribution is 1.43. The van der Waals surface area contributed by atoms with Crippen LogP contribution in [-0.4, -0.2) is 16.1 Å². The van der Waals surface area contributed by atoms with E-state index in [0.717, 1.165) is 0 Å². The lowest BCUT2D eigenvalue weighted by atomic mass is 10.4. The molecule has 0 radical (unpaired) electrons. The van der Waals surface area contributed by atoms with Gasteiger partial charge in [0, 0.05) is 0 Å². The summed E-state index contributed by atoms with van der Waals surface area (Å²) >= 11 is 0. The van der Waals surface area contributed by atoms with Gasteiger partial charge in [0.25, 0.3) is 0 Å². The highest BCUT2D eigenvalue weighted by Gasteiger charge is 2.56. The average molecular weight is 293 g/mol. The Hall–Kier alpha value is -1.65. The molecule has 2 heteroatoms. The molecule has 100 valence electrons. The van der Waals surface area contributed by atoms with Gasteiger partial charge in [0.2, 0.25) is 0 Å². The molecule has 0 N–H and O–H groups in total. The Bertz CT molecular complexity index is 555. The first-order valence-electron chi connectivity index (χ1n) is 7.13. The summed E-state index contributed by atoms with van der Waals surface area (Å²) < 4.78 is 0. The second-order valence-corrected chi connectivity index (χ2v) is 15.2. The maximum absolute atomic E-state index is 4.17. The summed E-state index contributed by atoms with van der Waals surface area (Å²) in [7, 11) is -2.96. The third-order valence-electron chi connectivity index (χ3n) is 4.74. The molecule has 0 aliphatic carbocycles. The minimum atomic E-state index is -1.48. The van der Waals surface area contributed by atoms with Crippen LogP contribution in [0.1, 0.15) is 0 Å². The fourth-order valence-corrected chi connectivity index (χ4v) is 19.9. The van der Waals surface area contributed by atoms with Crippen LogP contribution < -0.4 is 10.4 Å². The summed E-state index contributed by atoms with van der Waals surface area (Å²) in [6.07, 6.45) is 0. The van der Waals surface area contributed by atoms with Crippen molar-refractivity contribution in [1.29, 1.82) is 0 Å². The molecule has 0 unspecified atom stereocenters. The van der Waals surface area contributed by atoms with E-state index in [1.54, 1.807) is 0 Å². The van der Waals surface area contributed by atoms with Gasteiger partial charge in [0.15, 0.2) is 0 Å². The highest BCUT2D eigenvalue weighted by atomic mass is 28.5. The first-order chi connectivity index (χ1) is 9.75. The third-order valence-corrected chi connectivity index (χ3v) is 19.4. The zero-order chi connectivity index (χ0) is 14.1. The molecule has 1 saturated heterocycles. The van der Waals surface area contributed by atoms with E-state index in [1.807, 2.05) is 0 Å². The van der Waals surface area contributed by atoms with Gasteiger partial charge < -0.3 is 0 Å². The van der Waals surface area contributed by atoms with Crippen molar-refractivity contribution >= 4 is 26.5 Å². The minimum Gasteiger partial charge on any atom is -0.107 e. The molecule has 2 aromatic carbocycles. The number of rotatable bonds is 4. The van der Waals surface area contributed by atoms with Crippen LogP contribution >= 0.6 is 0 Å². The molecule has 2 aromatic rings. The normalized spacial score (nSPS) is 28.4.